The van der Waals surface area contributed by atoms with Crippen molar-refractivity contribution in [3.8, 4) is 0 Å². The summed E-state index contributed by atoms with van der Waals surface area (Å²) in [6.07, 6.45) is 5.46. The van der Waals surface area contributed by atoms with E-state index in [-0.39, 0.29) is 5.92 Å². The first-order valence-electron chi connectivity index (χ1n) is 8.52. The maximum Gasteiger partial charge on any atom is 0.225 e. The molecule has 24 heavy (non-hydrogen) atoms. The SMILES string of the molecule is Cc1nnc2c(N3CCC(C(=O)N4CCSCC4)CC3)nccn12. The zero-order chi connectivity index (χ0) is 16.5. The molecule has 0 saturated carbocycles. The van der Waals surface area contributed by atoms with Gasteiger partial charge in [0.2, 0.25) is 11.6 Å². The standard InChI is InChI=1S/C16H22N6OS/c1-12-18-19-15-14(17-4-7-22(12)15)20-5-2-13(3-6-20)16(23)21-8-10-24-11-9-21/h4,7,13H,2-3,5-6,8-11H2,1H3. The Bertz CT molecular complexity index is 733. The Kier molecular flexibility index (Phi) is 4.30. The topological polar surface area (TPSA) is 66.6 Å². The number of carbonyl (C=O) groups is 1. The number of anilines is 1. The molecule has 0 aliphatic carbocycles. The van der Waals surface area contributed by atoms with Crippen molar-refractivity contribution in [3.63, 3.8) is 0 Å². The van der Waals surface area contributed by atoms with Gasteiger partial charge in [0.15, 0.2) is 5.82 Å². The summed E-state index contributed by atoms with van der Waals surface area (Å²) in [5, 5.41) is 8.39. The van der Waals surface area contributed by atoms with Gasteiger partial charge in [-0.05, 0) is 19.8 Å². The van der Waals surface area contributed by atoms with E-state index >= 15 is 0 Å². The predicted molar refractivity (Wildman–Crippen MR) is 94.4 cm³/mol. The summed E-state index contributed by atoms with van der Waals surface area (Å²) >= 11 is 1.94. The van der Waals surface area contributed by atoms with Crippen molar-refractivity contribution in [1.29, 1.82) is 0 Å². The Labute approximate surface area is 145 Å². The van der Waals surface area contributed by atoms with Crippen LogP contribution < -0.4 is 4.90 Å². The second kappa shape index (κ2) is 6.58. The molecule has 2 fully saturated rings. The van der Waals surface area contributed by atoms with Crippen LogP contribution in [-0.2, 0) is 4.79 Å². The fourth-order valence-corrected chi connectivity index (χ4v) is 4.43. The number of hydrogen-bond donors (Lipinski definition) is 0. The van der Waals surface area contributed by atoms with E-state index in [9.17, 15) is 4.79 Å². The minimum Gasteiger partial charge on any atom is -0.353 e. The zero-order valence-electron chi connectivity index (χ0n) is 13.9. The van der Waals surface area contributed by atoms with E-state index in [1.165, 1.54) is 0 Å². The van der Waals surface area contributed by atoms with Crippen LogP contribution in [0, 0.1) is 12.8 Å². The molecule has 0 aromatic carbocycles. The molecule has 0 spiro atoms. The highest BCUT2D eigenvalue weighted by atomic mass is 32.2. The van der Waals surface area contributed by atoms with Gasteiger partial charge in [0.1, 0.15) is 5.82 Å². The van der Waals surface area contributed by atoms with E-state index in [1.54, 1.807) is 6.20 Å². The molecule has 2 aliphatic heterocycles. The molecule has 0 N–H and O–H groups in total. The van der Waals surface area contributed by atoms with Gasteiger partial charge < -0.3 is 9.80 Å². The van der Waals surface area contributed by atoms with Gasteiger partial charge in [-0.1, -0.05) is 0 Å². The lowest BCUT2D eigenvalue weighted by Gasteiger charge is -2.35. The van der Waals surface area contributed by atoms with Crippen LogP contribution in [-0.4, -0.2) is 68.1 Å². The van der Waals surface area contributed by atoms with E-state index in [2.05, 4.69) is 25.0 Å². The molecular formula is C16H22N6OS. The third-order valence-corrected chi connectivity index (χ3v) is 5.89. The smallest absolute Gasteiger partial charge is 0.225 e. The van der Waals surface area contributed by atoms with Crippen molar-refractivity contribution in [2.75, 3.05) is 42.6 Å². The van der Waals surface area contributed by atoms with Crippen LogP contribution in [0.15, 0.2) is 12.4 Å². The number of nitrogens with zero attached hydrogens (tertiary/aromatic N) is 6. The monoisotopic (exact) mass is 346 g/mol. The molecule has 2 aliphatic rings. The molecule has 0 bridgehead atoms. The fraction of sp³-hybridized carbons (Fsp3) is 0.625. The van der Waals surface area contributed by atoms with E-state index in [1.807, 2.05) is 29.3 Å². The van der Waals surface area contributed by atoms with Crippen LogP contribution in [0.5, 0.6) is 0 Å². The number of amides is 1. The number of carbonyl (C=O) groups excluding carboxylic acids is 1. The Morgan fingerprint density at radius 1 is 1.17 bits per heavy atom. The van der Waals surface area contributed by atoms with Crippen LogP contribution in [0.4, 0.5) is 5.82 Å². The van der Waals surface area contributed by atoms with Gasteiger partial charge in [0.25, 0.3) is 0 Å². The summed E-state index contributed by atoms with van der Waals surface area (Å²) in [6.45, 7) is 5.44. The quantitative estimate of drug-likeness (QED) is 0.815. The van der Waals surface area contributed by atoms with Gasteiger partial charge in [0, 0.05) is 56.0 Å². The molecule has 4 heterocycles. The highest BCUT2D eigenvalue weighted by Gasteiger charge is 2.30. The molecule has 128 valence electrons. The Morgan fingerprint density at radius 2 is 1.92 bits per heavy atom. The van der Waals surface area contributed by atoms with Crippen LogP contribution in [0.2, 0.25) is 0 Å². The minimum atomic E-state index is 0.156. The molecule has 2 saturated heterocycles. The second-order valence-electron chi connectivity index (χ2n) is 6.39. The third kappa shape index (κ3) is 2.83. The predicted octanol–water partition coefficient (Wildman–Crippen LogP) is 1.22. The summed E-state index contributed by atoms with van der Waals surface area (Å²) < 4.78 is 1.96. The number of hydrogen-bond acceptors (Lipinski definition) is 6. The van der Waals surface area contributed by atoms with Crippen LogP contribution in [0.1, 0.15) is 18.7 Å². The van der Waals surface area contributed by atoms with E-state index < -0.39 is 0 Å². The van der Waals surface area contributed by atoms with Crippen LogP contribution >= 0.6 is 11.8 Å². The molecule has 4 rings (SSSR count). The highest BCUT2D eigenvalue weighted by molar-refractivity contribution is 7.99. The lowest BCUT2D eigenvalue weighted by atomic mass is 9.95. The number of aromatic nitrogens is 4. The third-order valence-electron chi connectivity index (χ3n) is 4.95. The summed E-state index contributed by atoms with van der Waals surface area (Å²) in [7, 11) is 0. The van der Waals surface area contributed by atoms with Crippen molar-refractivity contribution >= 4 is 29.1 Å². The maximum atomic E-state index is 12.7. The largest absolute Gasteiger partial charge is 0.353 e. The molecule has 0 atom stereocenters. The number of piperidine rings is 1. The van der Waals surface area contributed by atoms with Gasteiger partial charge in [-0.15, -0.1) is 10.2 Å². The lowest BCUT2D eigenvalue weighted by Crippen LogP contribution is -2.45. The summed E-state index contributed by atoms with van der Waals surface area (Å²) in [4.78, 5) is 21.5. The van der Waals surface area contributed by atoms with E-state index in [0.29, 0.717) is 5.91 Å². The average molecular weight is 346 g/mol. The minimum absolute atomic E-state index is 0.156. The Balaban J connectivity index is 1.44. The van der Waals surface area contributed by atoms with Gasteiger partial charge in [-0.2, -0.15) is 11.8 Å². The normalized spacial score (nSPS) is 19.9. The van der Waals surface area contributed by atoms with Crippen molar-refractivity contribution in [2.45, 2.75) is 19.8 Å². The summed E-state index contributed by atoms with van der Waals surface area (Å²) in [6, 6.07) is 0. The van der Waals surface area contributed by atoms with Crippen LogP contribution in [0.3, 0.4) is 0 Å². The number of aryl methyl sites for hydroxylation is 1. The molecule has 2 aromatic heterocycles. The number of rotatable bonds is 2. The van der Waals surface area contributed by atoms with Crippen molar-refractivity contribution < 1.29 is 4.79 Å². The number of thioether (sulfide) groups is 1. The summed E-state index contributed by atoms with van der Waals surface area (Å²) in [5.41, 5.74) is 0.799. The van der Waals surface area contributed by atoms with Gasteiger partial charge in [-0.25, -0.2) is 4.98 Å². The highest BCUT2D eigenvalue weighted by Crippen LogP contribution is 2.26. The van der Waals surface area contributed by atoms with Crippen molar-refractivity contribution in [2.24, 2.45) is 5.92 Å². The molecule has 7 nitrogen and oxygen atoms in total. The second-order valence-corrected chi connectivity index (χ2v) is 7.62. The first kappa shape index (κ1) is 15.7. The first-order chi connectivity index (χ1) is 11.7. The molecule has 1 amide bonds. The van der Waals surface area contributed by atoms with Gasteiger partial charge >= 0.3 is 0 Å². The van der Waals surface area contributed by atoms with Gasteiger partial charge in [-0.3, -0.25) is 9.20 Å². The first-order valence-corrected chi connectivity index (χ1v) is 9.67. The maximum absolute atomic E-state index is 12.7. The van der Waals surface area contributed by atoms with Crippen molar-refractivity contribution in [3.05, 3.63) is 18.2 Å². The molecular weight excluding hydrogens is 324 g/mol. The van der Waals surface area contributed by atoms with E-state index in [0.717, 1.165) is 67.8 Å². The zero-order valence-corrected chi connectivity index (χ0v) is 14.7. The fourth-order valence-electron chi connectivity index (χ4n) is 3.53. The molecule has 0 radical (unpaired) electrons. The number of fused-ring (bicyclic) bond motifs is 1. The van der Waals surface area contributed by atoms with Gasteiger partial charge in [0.05, 0.1) is 0 Å². The molecule has 8 heteroatoms. The summed E-state index contributed by atoms with van der Waals surface area (Å²) in [5.74, 6) is 4.38. The van der Waals surface area contributed by atoms with E-state index in [4.69, 9.17) is 0 Å². The Hall–Kier alpha value is -1.83. The average Bonchev–Trinajstić information content (AvgIpc) is 3.03. The lowest BCUT2D eigenvalue weighted by molar-refractivity contribution is -0.135. The Morgan fingerprint density at radius 3 is 2.67 bits per heavy atom. The van der Waals surface area contributed by atoms with Crippen LogP contribution in [0.25, 0.3) is 5.65 Å². The van der Waals surface area contributed by atoms with Crippen molar-refractivity contribution in [1.82, 2.24) is 24.5 Å². The molecule has 2 aromatic rings. The molecule has 0 unspecified atom stereocenters.